The first-order valence-electron chi connectivity index (χ1n) is 6.99. The van der Waals surface area contributed by atoms with Crippen LogP contribution < -0.4 is 0 Å². The molecule has 18 heavy (non-hydrogen) atoms. The summed E-state index contributed by atoms with van der Waals surface area (Å²) in [6.07, 6.45) is 8.57. The van der Waals surface area contributed by atoms with Gasteiger partial charge < -0.3 is 0 Å². The molecule has 0 heterocycles. The summed E-state index contributed by atoms with van der Waals surface area (Å²) in [6, 6.07) is 7.92. The number of hydrogen-bond acceptors (Lipinski definition) is 1. The van der Waals surface area contributed by atoms with Crippen LogP contribution in [0.2, 0.25) is 0 Å². The predicted octanol–water partition coefficient (Wildman–Crippen LogP) is 5.07. The normalized spacial score (nSPS) is 18.6. The maximum absolute atomic E-state index is 11.6. The van der Waals surface area contributed by atoms with Crippen molar-refractivity contribution in [3.63, 3.8) is 0 Å². The van der Waals surface area contributed by atoms with Crippen molar-refractivity contribution in [2.75, 3.05) is 0 Å². The summed E-state index contributed by atoms with van der Waals surface area (Å²) in [5.74, 6) is 0. The maximum atomic E-state index is 11.6. The Morgan fingerprint density at radius 2 is 1.89 bits per heavy atom. The lowest BCUT2D eigenvalue weighted by atomic mass is 9.66. The Labute approximate surface area is 115 Å². The molecule has 0 amide bonds. The van der Waals surface area contributed by atoms with Gasteiger partial charge in [0, 0.05) is 5.56 Å². The zero-order valence-corrected chi connectivity index (χ0v) is 11.8. The van der Waals surface area contributed by atoms with Crippen molar-refractivity contribution in [1.82, 2.24) is 0 Å². The van der Waals surface area contributed by atoms with Gasteiger partial charge in [0.15, 0.2) is 0 Å². The molecule has 0 spiro atoms. The fourth-order valence-electron chi connectivity index (χ4n) is 3.48. The number of carbonyl (C=O) groups is 1. The molecule has 1 nitrogen and oxygen atoms in total. The second-order valence-corrected chi connectivity index (χ2v) is 5.75. The molecule has 0 saturated heterocycles. The molecular formula is C16H21ClO. The van der Waals surface area contributed by atoms with Crippen LogP contribution in [-0.2, 0) is 5.41 Å². The van der Waals surface area contributed by atoms with Gasteiger partial charge >= 0.3 is 0 Å². The zero-order chi connectivity index (χ0) is 13.0. The molecule has 1 aromatic rings. The summed E-state index contributed by atoms with van der Waals surface area (Å²) in [7, 11) is 0. The van der Waals surface area contributed by atoms with Crippen molar-refractivity contribution in [3.05, 3.63) is 35.4 Å². The minimum atomic E-state index is -0.313. The van der Waals surface area contributed by atoms with Gasteiger partial charge in [0.25, 0.3) is 5.24 Å². The molecular weight excluding hydrogens is 244 g/mol. The van der Waals surface area contributed by atoms with E-state index in [0.717, 1.165) is 18.4 Å². The third-order valence-corrected chi connectivity index (χ3v) is 4.45. The third kappa shape index (κ3) is 2.61. The summed E-state index contributed by atoms with van der Waals surface area (Å²) in [4.78, 5) is 11.6. The SMILES string of the molecule is CCCC1(c2ccccc2C(=O)Cl)CCCCC1. The predicted molar refractivity (Wildman–Crippen MR) is 76.3 cm³/mol. The number of benzene rings is 1. The van der Waals surface area contributed by atoms with Crippen molar-refractivity contribution >= 4 is 16.8 Å². The molecule has 0 radical (unpaired) electrons. The summed E-state index contributed by atoms with van der Waals surface area (Å²) < 4.78 is 0. The fourth-order valence-corrected chi connectivity index (χ4v) is 3.64. The van der Waals surface area contributed by atoms with Crippen molar-refractivity contribution in [1.29, 1.82) is 0 Å². The van der Waals surface area contributed by atoms with E-state index in [-0.39, 0.29) is 10.7 Å². The van der Waals surface area contributed by atoms with Crippen LogP contribution in [0.15, 0.2) is 24.3 Å². The quantitative estimate of drug-likeness (QED) is 0.694. The lowest BCUT2D eigenvalue weighted by Crippen LogP contribution is -2.30. The lowest BCUT2D eigenvalue weighted by molar-refractivity contribution is 0.107. The molecule has 1 fully saturated rings. The molecule has 0 N–H and O–H groups in total. The van der Waals surface area contributed by atoms with Crippen LogP contribution in [0, 0.1) is 0 Å². The van der Waals surface area contributed by atoms with Crippen LogP contribution in [-0.4, -0.2) is 5.24 Å². The van der Waals surface area contributed by atoms with E-state index in [0.29, 0.717) is 0 Å². The van der Waals surface area contributed by atoms with E-state index in [1.165, 1.54) is 37.7 Å². The van der Waals surface area contributed by atoms with Crippen LogP contribution in [0.4, 0.5) is 0 Å². The van der Waals surface area contributed by atoms with Gasteiger partial charge in [0.2, 0.25) is 0 Å². The Morgan fingerprint density at radius 3 is 2.50 bits per heavy atom. The molecule has 1 aliphatic carbocycles. The second kappa shape index (κ2) is 5.88. The van der Waals surface area contributed by atoms with Crippen molar-refractivity contribution in [3.8, 4) is 0 Å². The first kappa shape index (κ1) is 13.6. The highest BCUT2D eigenvalue weighted by atomic mass is 35.5. The Morgan fingerprint density at radius 1 is 1.22 bits per heavy atom. The Balaban J connectivity index is 2.44. The number of rotatable bonds is 4. The molecule has 0 unspecified atom stereocenters. The van der Waals surface area contributed by atoms with Crippen LogP contribution >= 0.6 is 11.6 Å². The number of hydrogen-bond donors (Lipinski definition) is 0. The summed E-state index contributed by atoms with van der Waals surface area (Å²) in [5, 5.41) is -0.313. The van der Waals surface area contributed by atoms with Crippen molar-refractivity contribution in [2.24, 2.45) is 0 Å². The number of halogens is 1. The van der Waals surface area contributed by atoms with Crippen LogP contribution in [0.3, 0.4) is 0 Å². The average Bonchev–Trinajstić information content (AvgIpc) is 2.40. The summed E-state index contributed by atoms with van der Waals surface area (Å²) in [5.41, 5.74) is 2.09. The molecule has 2 heteroatoms. The molecule has 0 bridgehead atoms. The third-order valence-electron chi connectivity index (χ3n) is 4.25. The van der Waals surface area contributed by atoms with Crippen molar-refractivity contribution < 1.29 is 4.79 Å². The Bertz CT molecular complexity index is 413. The Kier molecular flexibility index (Phi) is 4.45. The summed E-state index contributed by atoms with van der Waals surface area (Å²) >= 11 is 5.75. The molecule has 1 aromatic carbocycles. The molecule has 1 aliphatic rings. The van der Waals surface area contributed by atoms with Crippen LogP contribution in [0.1, 0.15) is 67.8 Å². The topological polar surface area (TPSA) is 17.1 Å². The van der Waals surface area contributed by atoms with E-state index in [9.17, 15) is 4.79 Å². The molecule has 0 aromatic heterocycles. The van der Waals surface area contributed by atoms with Gasteiger partial charge in [-0.25, -0.2) is 0 Å². The van der Waals surface area contributed by atoms with E-state index < -0.39 is 0 Å². The fraction of sp³-hybridized carbons (Fsp3) is 0.562. The minimum absolute atomic E-state index is 0.189. The highest BCUT2D eigenvalue weighted by Gasteiger charge is 2.35. The van der Waals surface area contributed by atoms with E-state index >= 15 is 0 Å². The monoisotopic (exact) mass is 264 g/mol. The standard InChI is InChI=1S/C16H21ClO/c1-2-10-16(11-6-3-7-12-16)14-9-5-4-8-13(14)15(17)18/h4-5,8-9H,2-3,6-7,10-12H2,1H3. The number of carbonyl (C=O) groups excluding carboxylic acids is 1. The first-order chi connectivity index (χ1) is 8.69. The van der Waals surface area contributed by atoms with Gasteiger partial charge in [-0.05, 0) is 47.9 Å². The van der Waals surface area contributed by atoms with Gasteiger partial charge in [-0.3, -0.25) is 4.79 Å². The van der Waals surface area contributed by atoms with Gasteiger partial charge in [0.1, 0.15) is 0 Å². The second-order valence-electron chi connectivity index (χ2n) is 5.41. The maximum Gasteiger partial charge on any atom is 0.252 e. The molecule has 2 rings (SSSR count). The van der Waals surface area contributed by atoms with E-state index in [1.807, 2.05) is 18.2 Å². The first-order valence-corrected chi connectivity index (χ1v) is 7.37. The highest BCUT2D eigenvalue weighted by molar-refractivity contribution is 6.67. The zero-order valence-electron chi connectivity index (χ0n) is 11.0. The summed E-state index contributed by atoms with van der Waals surface area (Å²) in [6.45, 7) is 2.22. The smallest absolute Gasteiger partial charge is 0.252 e. The van der Waals surface area contributed by atoms with E-state index in [4.69, 9.17) is 11.6 Å². The van der Waals surface area contributed by atoms with Gasteiger partial charge in [-0.1, -0.05) is 50.8 Å². The van der Waals surface area contributed by atoms with Crippen LogP contribution in [0.5, 0.6) is 0 Å². The highest BCUT2D eigenvalue weighted by Crippen LogP contribution is 2.44. The Hall–Kier alpha value is -0.820. The van der Waals surface area contributed by atoms with Gasteiger partial charge in [-0.15, -0.1) is 0 Å². The van der Waals surface area contributed by atoms with E-state index in [1.54, 1.807) is 0 Å². The van der Waals surface area contributed by atoms with Crippen molar-refractivity contribution in [2.45, 2.75) is 57.3 Å². The lowest BCUT2D eigenvalue weighted by Gasteiger charge is -2.39. The molecule has 1 saturated carbocycles. The van der Waals surface area contributed by atoms with Gasteiger partial charge in [-0.2, -0.15) is 0 Å². The van der Waals surface area contributed by atoms with Gasteiger partial charge in [0.05, 0.1) is 0 Å². The molecule has 0 atom stereocenters. The minimum Gasteiger partial charge on any atom is -0.276 e. The average molecular weight is 265 g/mol. The molecule has 0 aliphatic heterocycles. The van der Waals surface area contributed by atoms with Crippen LogP contribution in [0.25, 0.3) is 0 Å². The van der Waals surface area contributed by atoms with E-state index in [2.05, 4.69) is 13.0 Å². The molecule has 98 valence electrons. The largest absolute Gasteiger partial charge is 0.276 e.